The summed E-state index contributed by atoms with van der Waals surface area (Å²) in [6.45, 7) is 5.56. The number of nitrogens with one attached hydrogen (secondary N) is 1. The lowest BCUT2D eigenvalue weighted by Crippen LogP contribution is -2.51. The van der Waals surface area contributed by atoms with Gasteiger partial charge in [-0.3, -0.25) is 4.79 Å². The maximum absolute atomic E-state index is 12.0. The van der Waals surface area contributed by atoms with E-state index in [9.17, 15) is 9.59 Å². The highest BCUT2D eigenvalue weighted by atomic mass is 16.5. The van der Waals surface area contributed by atoms with E-state index in [4.69, 9.17) is 0 Å². The van der Waals surface area contributed by atoms with Gasteiger partial charge in [0.1, 0.15) is 6.04 Å². The molecule has 0 rings (SSSR count). The lowest BCUT2D eigenvalue weighted by Gasteiger charge is -2.29. The summed E-state index contributed by atoms with van der Waals surface area (Å²) >= 11 is 0. The van der Waals surface area contributed by atoms with Gasteiger partial charge in [-0.15, -0.1) is 0 Å². The second kappa shape index (κ2) is 6.48. The van der Waals surface area contributed by atoms with E-state index in [1.54, 1.807) is 21.0 Å². The Morgan fingerprint density at radius 3 is 2.06 bits per heavy atom. The number of carbonyl (C=O) groups excluding carboxylic acids is 2. The van der Waals surface area contributed by atoms with Crippen LogP contribution in [0.4, 0.5) is 0 Å². The molecule has 16 heavy (non-hydrogen) atoms. The topological polar surface area (TPSA) is 58.6 Å². The van der Waals surface area contributed by atoms with Gasteiger partial charge in [0, 0.05) is 7.05 Å². The van der Waals surface area contributed by atoms with Crippen LogP contribution >= 0.6 is 0 Å². The number of hydrogen-bond donors (Lipinski definition) is 1. The normalized spacial score (nSPS) is 14.4. The van der Waals surface area contributed by atoms with Crippen molar-refractivity contribution in [2.45, 2.75) is 32.9 Å². The highest BCUT2D eigenvalue weighted by molar-refractivity contribution is 5.87. The minimum Gasteiger partial charge on any atom is -0.467 e. The first kappa shape index (κ1) is 14.9. The Morgan fingerprint density at radius 1 is 1.25 bits per heavy atom. The maximum Gasteiger partial charge on any atom is 0.328 e. The number of hydrogen-bond acceptors (Lipinski definition) is 4. The van der Waals surface area contributed by atoms with E-state index in [1.807, 2.05) is 13.8 Å². The summed E-state index contributed by atoms with van der Waals surface area (Å²) in [7, 11) is 4.66. The number of methoxy groups -OCH3 is 1. The van der Waals surface area contributed by atoms with Crippen LogP contribution in [0.3, 0.4) is 0 Å². The summed E-state index contributed by atoms with van der Waals surface area (Å²) in [6.07, 6.45) is 0. The molecule has 0 aliphatic carbocycles. The first-order chi connectivity index (χ1) is 7.36. The quantitative estimate of drug-likeness (QED) is 0.688. The molecule has 2 atom stereocenters. The van der Waals surface area contributed by atoms with Gasteiger partial charge in [0.05, 0.1) is 13.2 Å². The minimum atomic E-state index is -0.563. The van der Waals surface area contributed by atoms with Crippen molar-refractivity contribution in [2.24, 2.45) is 5.92 Å². The molecule has 0 heterocycles. The zero-order chi connectivity index (χ0) is 12.9. The molecule has 0 saturated heterocycles. The molecule has 0 saturated carbocycles. The molecule has 0 aliphatic rings. The van der Waals surface area contributed by atoms with Crippen molar-refractivity contribution in [2.75, 3.05) is 21.2 Å². The Balaban J connectivity index is 4.65. The maximum atomic E-state index is 12.0. The number of carbonyl (C=O) groups is 2. The molecule has 5 heteroatoms. The first-order valence-electron chi connectivity index (χ1n) is 5.38. The van der Waals surface area contributed by atoms with Crippen molar-refractivity contribution in [3.8, 4) is 0 Å². The fourth-order valence-corrected chi connectivity index (χ4v) is 1.48. The van der Waals surface area contributed by atoms with Crippen LogP contribution in [0.2, 0.25) is 0 Å². The predicted octanol–water partition coefficient (Wildman–Crippen LogP) is 0.250. The van der Waals surface area contributed by atoms with E-state index in [0.29, 0.717) is 0 Å². The molecule has 0 aromatic rings. The van der Waals surface area contributed by atoms with E-state index in [-0.39, 0.29) is 17.9 Å². The van der Waals surface area contributed by atoms with E-state index >= 15 is 0 Å². The molecule has 0 spiro atoms. The second-order valence-corrected chi connectivity index (χ2v) is 4.16. The van der Waals surface area contributed by atoms with Crippen LogP contribution in [0.25, 0.3) is 0 Å². The lowest BCUT2D eigenvalue weighted by atomic mass is 10.0. The Hall–Kier alpha value is -1.10. The highest BCUT2D eigenvalue weighted by Crippen LogP contribution is 2.08. The van der Waals surface area contributed by atoms with Gasteiger partial charge in [0.25, 0.3) is 0 Å². The van der Waals surface area contributed by atoms with Crippen LogP contribution in [0, 0.1) is 5.92 Å². The van der Waals surface area contributed by atoms with Crippen molar-refractivity contribution in [1.29, 1.82) is 0 Å². The van der Waals surface area contributed by atoms with Crippen molar-refractivity contribution < 1.29 is 14.3 Å². The van der Waals surface area contributed by atoms with Crippen LogP contribution < -0.4 is 5.32 Å². The third-order valence-corrected chi connectivity index (χ3v) is 2.71. The standard InChI is InChI=1S/C11H22N2O3/c1-7(2)9(12-4)10(14)13(5)8(3)11(15)16-6/h7-9,12H,1-6H3/t8-,9-/m0/s1. The summed E-state index contributed by atoms with van der Waals surface area (Å²) in [4.78, 5) is 24.7. The third-order valence-electron chi connectivity index (χ3n) is 2.71. The molecular weight excluding hydrogens is 208 g/mol. The van der Waals surface area contributed by atoms with Crippen molar-refractivity contribution >= 4 is 11.9 Å². The van der Waals surface area contributed by atoms with Gasteiger partial charge in [-0.2, -0.15) is 0 Å². The number of nitrogens with zero attached hydrogens (tertiary/aromatic N) is 1. The van der Waals surface area contributed by atoms with Gasteiger partial charge in [-0.25, -0.2) is 4.79 Å². The smallest absolute Gasteiger partial charge is 0.328 e. The van der Waals surface area contributed by atoms with E-state index < -0.39 is 12.0 Å². The third kappa shape index (κ3) is 3.48. The number of rotatable bonds is 5. The number of esters is 1. The molecule has 0 radical (unpaired) electrons. The molecule has 0 aliphatic heterocycles. The number of likely N-dealkylation sites (N-methyl/N-ethyl adjacent to an activating group) is 2. The molecule has 0 bridgehead atoms. The lowest BCUT2D eigenvalue weighted by molar-refractivity contribution is -0.152. The van der Waals surface area contributed by atoms with Crippen LogP contribution in [0.1, 0.15) is 20.8 Å². The fraction of sp³-hybridized carbons (Fsp3) is 0.818. The van der Waals surface area contributed by atoms with E-state index in [1.165, 1.54) is 12.0 Å². The number of ether oxygens (including phenoxy) is 1. The minimum absolute atomic E-state index is 0.101. The molecule has 1 amide bonds. The summed E-state index contributed by atoms with van der Waals surface area (Å²) in [5.41, 5.74) is 0. The molecule has 0 unspecified atom stereocenters. The molecule has 0 aromatic carbocycles. The molecule has 1 N–H and O–H groups in total. The van der Waals surface area contributed by atoms with Crippen LogP contribution in [-0.4, -0.2) is 50.1 Å². The van der Waals surface area contributed by atoms with Gasteiger partial charge in [-0.1, -0.05) is 13.8 Å². The van der Waals surface area contributed by atoms with Gasteiger partial charge in [-0.05, 0) is 19.9 Å². The summed E-state index contributed by atoms with van der Waals surface area (Å²) in [6, 6.07) is -0.843. The summed E-state index contributed by atoms with van der Waals surface area (Å²) in [5.74, 6) is -0.338. The molecule has 5 nitrogen and oxygen atoms in total. The Bertz CT molecular complexity index is 254. The molecule has 0 aromatic heterocycles. The molecule has 94 valence electrons. The van der Waals surface area contributed by atoms with Crippen molar-refractivity contribution in [3.63, 3.8) is 0 Å². The Morgan fingerprint density at radius 2 is 1.75 bits per heavy atom. The van der Waals surface area contributed by atoms with Gasteiger partial charge in [0.2, 0.25) is 5.91 Å². The van der Waals surface area contributed by atoms with Gasteiger partial charge in [0.15, 0.2) is 0 Å². The zero-order valence-corrected chi connectivity index (χ0v) is 10.9. The number of amides is 1. The van der Waals surface area contributed by atoms with Crippen molar-refractivity contribution in [1.82, 2.24) is 10.2 Å². The Kier molecular flexibility index (Phi) is 6.03. The van der Waals surface area contributed by atoms with Gasteiger partial charge < -0.3 is 15.0 Å². The first-order valence-corrected chi connectivity index (χ1v) is 5.38. The van der Waals surface area contributed by atoms with Crippen LogP contribution in [0.15, 0.2) is 0 Å². The van der Waals surface area contributed by atoms with Gasteiger partial charge >= 0.3 is 5.97 Å². The van der Waals surface area contributed by atoms with E-state index in [0.717, 1.165) is 0 Å². The van der Waals surface area contributed by atoms with E-state index in [2.05, 4.69) is 10.1 Å². The monoisotopic (exact) mass is 230 g/mol. The average Bonchev–Trinajstić information content (AvgIpc) is 2.26. The molecular formula is C11H22N2O3. The average molecular weight is 230 g/mol. The van der Waals surface area contributed by atoms with Crippen LogP contribution in [-0.2, 0) is 14.3 Å². The molecule has 0 fully saturated rings. The summed E-state index contributed by atoms with van der Waals surface area (Å²) in [5, 5.41) is 2.95. The summed E-state index contributed by atoms with van der Waals surface area (Å²) < 4.78 is 4.60. The fourth-order valence-electron chi connectivity index (χ4n) is 1.48. The Labute approximate surface area is 97.1 Å². The largest absolute Gasteiger partial charge is 0.467 e. The van der Waals surface area contributed by atoms with Crippen molar-refractivity contribution in [3.05, 3.63) is 0 Å². The van der Waals surface area contributed by atoms with Crippen LogP contribution in [0.5, 0.6) is 0 Å². The zero-order valence-electron chi connectivity index (χ0n) is 10.9. The SMILES string of the molecule is CN[C@H](C(=O)N(C)[C@@H](C)C(=O)OC)C(C)C. The highest BCUT2D eigenvalue weighted by Gasteiger charge is 2.29. The second-order valence-electron chi connectivity index (χ2n) is 4.16. The predicted molar refractivity (Wildman–Crippen MR) is 61.9 cm³/mol.